The van der Waals surface area contributed by atoms with Crippen LogP contribution in [-0.2, 0) is 6.54 Å². The van der Waals surface area contributed by atoms with Crippen molar-refractivity contribution in [1.82, 2.24) is 20.3 Å². The highest BCUT2D eigenvalue weighted by Crippen LogP contribution is 2.24. The normalized spacial score (nSPS) is 18.8. The van der Waals surface area contributed by atoms with Crippen LogP contribution in [0.5, 0.6) is 5.75 Å². The third-order valence-corrected chi connectivity index (χ3v) is 6.46. The van der Waals surface area contributed by atoms with Crippen LogP contribution in [0.2, 0.25) is 0 Å². The van der Waals surface area contributed by atoms with E-state index < -0.39 is 0 Å². The third kappa shape index (κ3) is 5.06. The summed E-state index contributed by atoms with van der Waals surface area (Å²) < 4.78 is 7.80. The van der Waals surface area contributed by atoms with Gasteiger partial charge in [-0.3, -0.25) is 4.79 Å². The smallest absolute Gasteiger partial charge is 0.251 e. The maximum absolute atomic E-state index is 12.5. The molecule has 1 aliphatic rings. The molecule has 1 heterocycles. The molecule has 2 unspecified atom stereocenters. The Balaban J connectivity index is 1.26. The monoisotopic (exact) mass is 420 g/mol. The van der Waals surface area contributed by atoms with Gasteiger partial charge in [0.15, 0.2) is 0 Å². The first kappa shape index (κ1) is 21.3. The van der Waals surface area contributed by atoms with E-state index >= 15 is 0 Å². The number of carbonyl (C=O) groups excluding carboxylic acids is 1. The largest absolute Gasteiger partial charge is 0.494 e. The SMILES string of the molecule is Cc1cc2nnn(CCCOc3ccc(C(=O)NC4CCCCC4C)cc3)c2cc1C. The van der Waals surface area contributed by atoms with Gasteiger partial charge in [-0.1, -0.05) is 25.0 Å². The van der Waals surface area contributed by atoms with Gasteiger partial charge in [-0.25, -0.2) is 4.68 Å². The minimum atomic E-state index is 0.00823. The van der Waals surface area contributed by atoms with Crippen molar-refractivity contribution in [2.45, 2.75) is 65.5 Å². The number of rotatable bonds is 7. The highest BCUT2D eigenvalue weighted by Gasteiger charge is 2.23. The minimum Gasteiger partial charge on any atom is -0.494 e. The lowest BCUT2D eigenvalue weighted by atomic mass is 9.86. The number of benzene rings is 2. The Hall–Kier alpha value is -2.89. The molecule has 164 valence electrons. The van der Waals surface area contributed by atoms with Crippen LogP contribution in [-0.4, -0.2) is 33.5 Å². The lowest BCUT2D eigenvalue weighted by Gasteiger charge is -2.29. The van der Waals surface area contributed by atoms with Crippen molar-refractivity contribution in [2.75, 3.05) is 6.61 Å². The average molecular weight is 421 g/mol. The van der Waals surface area contributed by atoms with Crippen LogP contribution in [0.25, 0.3) is 11.0 Å². The van der Waals surface area contributed by atoms with Gasteiger partial charge in [0.25, 0.3) is 5.91 Å². The molecule has 1 aromatic heterocycles. The van der Waals surface area contributed by atoms with Crippen molar-refractivity contribution >= 4 is 16.9 Å². The third-order valence-electron chi connectivity index (χ3n) is 6.46. The van der Waals surface area contributed by atoms with Gasteiger partial charge in [-0.2, -0.15) is 0 Å². The number of amides is 1. The summed E-state index contributed by atoms with van der Waals surface area (Å²) in [7, 11) is 0. The quantitative estimate of drug-likeness (QED) is 0.556. The fourth-order valence-electron chi connectivity index (χ4n) is 4.28. The zero-order valence-electron chi connectivity index (χ0n) is 18.7. The zero-order valence-corrected chi connectivity index (χ0v) is 18.7. The van der Waals surface area contributed by atoms with Crippen LogP contribution in [0, 0.1) is 19.8 Å². The molecular formula is C25H32N4O2. The molecule has 1 saturated carbocycles. The molecule has 6 nitrogen and oxygen atoms in total. The Labute approximate surface area is 184 Å². The number of aromatic nitrogens is 3. The molecule has 2 aromatic carbocycles. The number of aryl methyl sites for hydroxylation is 3. The molecule has 4 rings (SSSR count). The summed E-state index contributed by atoms with van der Waals surface area (Å²) in [6.45, 7) is 7.75. The van der Waals surface area contributed by atoms with Crippen LogP contribution in [0.4, 0.5) is 0 Å². The number of nitrogens with zero attached hydrogens (tertiary/aromatic N) is 3. The zero-order chi connectivity index (χ0) is 21.8. The molecule has 1 amide bonds. The molecule has 0 radical (unpaired) electrons. The molecular weight excluding hydrogens is 388 g/mol. The second kappa shape index (κ2) is 9.50. The van der Waals surface area contributed by atoms with Crippen LogP contribution >= 0.6 is 0 Å². The van der Waals surface area contributed by atoms with E-state index in [0.717, 1.165) is 36.2 Å². The van der Waals surface area contributed by atoms with E-state index in [1.165, 1.54) is 30.4 Å². The molecule has 2 atom stereocenters. The van der Waals surface area contributed by atoms with E-state index in [1.54, 1.807) is 0 Å². The van der Waals surface area contributed by atoms with Crippen LogP contribution in [0.1, 0.15) is 60.5 Å². The predicted octanol–water partition coefficient (Wildman–Crippen LogP) is 4.83. The molecule has 1 N–H and O–H groups in total. The number of hydrogen-bond donors (Lipinski definition) is 1. The van der Waals surface area contributed by atoms with Crippen LogP contribution in [0.3, 0.4) is 0 Å². The van der Waals surface area contributed by atoms with E-state index in [9.17, 15) is 4.79 Å². The first-order chi connectivity index (χ1) is 15.0. The topological polar surface area (TPSA) is 69.0 Å². The first-order valence-electron chi connectivity index (χ1n) is 11.4. The fraction of sp³-hybridized carbons (Fsp3) is 0.480. The first-order valence-corrected chi connectivity index (χ1v) is 11.4. The molecule has 0 saturated heterocycles. The summed E-state index contributed by atoms with van der Waals surface area (Å²) in [5.74, 6) is 1.33. The standard InChI is InChI=1S/C25H32N4O2/c1-17-7-4-5-8-22(17)26-25(30)20-9-11-21(12-10-20)31-14-6-13-29-24-16-19(3)18(2)15-23(24)27-28-29/h9-12,15-17,22H,4-8,13-14H2,1-3H3,(H,26,30). The van der Waals surface area contributed by atoms with E-state index in [0.29, 0.717) is 18.1 Å². The van der Waals surface area contributed by atoms with Gasteiger partial charge >= 0.3 is 0 Å². The maximum atomic E-state index is 12.5. The van der Waals surface area contributed by atoms with Crippen molar-refractivity contribution < 1.29 is 9.53 Å². The summed E-state index contributed by atoms with van der Waals surface area (Å²) in [6, 6.07) is 11.9. The molecule has 31 heavy (non-hydrogen) atoms. The molecule has 0 aliphatic heterocycles. The number of ether oxygens (including phenoxy) is 1. The van der Waals surface area contributed by atoms with E-state index in [1.807, 2.05) is 28.9 Å². The summed E-state index contributed by atoms with van der Waals surface area (Å²) >= 11 is 0. The molecule has 6 heteroatoms. The van der Waals surface area contributed by atoms with Gasteiger partial charge in [0.2, 0.25) is 0 Å². The van der Waals surface area contributed by atoms with Gasteiger partial charge in [-0.05, 0) is 80.1 Å². The van der Waals surface area contributed by atoms with Crippen molar-refractivity contribution in [3.63, 3.8) is 0 Å². The second-order valence-corrected chi connectivity index (χ2v) is 8.81. The van der Waals surface area contributed by atoms with Gasteiger partial charge in [0.05, 0.1) is 12.1 Å². The van der Waals surface area contributed by atoms with Gasteiger partial charge < -0.3 is 10.1 Å². The second-order valence-electron chi connectivity index (χ2n) is 8.81. The minimum absolute atomic E-state index is 0.00823. The highest BCUT2D eigenvalue weighted by molar-refractivity contribution is 5.94. The molecule has 0 spiro atoms. The van der Waals surface area contributed by atoms with E-state index in [-0.39, 0.29) is 11.9 Å². The Bertz CT molecular complexity index is 1040. The van der Waals surface area contributed by atoms with Gasteiger partial charge in [0.1, 0.15) is 11.3 Å². The molecule has 1 aliphatic carbocycles. The van der Waals surface area contributed by atoms with Crippen molar-refractivity contribution in [2.24, 2.45) is 5.92 Å². The number of fused-ring (bicyclic) bond motifs is 1. The molecule has 3 aromatic rings. The lowest BCUT2D eigenvalue weighted by molar-refractivity contribution is 0.0910. The number of nitrogens with one attached hydrogen (secondary N) is 1. The average Bonchev–Trinajstić information content (AvgIpc) is 3.15. The molecule has 1 fully saturated rings. The Morgan fingerprint density at radius 3 is 2.65 bits per heavy atom. The van der Waals surface area contributed by atoms with Crippen LogP contribution in [0.15, 0.2) is 36.4 Å². The van der Waals surface area contributed by atoms with E-state index in [4.69, 9.17) is 4.74 Å². The summed E-state index contributed by atoms with van der Waals surface area (Å²) in [4.78, 5) is 12.5. The molecule has 0 bridgehead atoms. The van der Waals surface area contributed by atoms with Crippen molar-refractivity contribution in [3.05, 3.63) is 53.1 Å². The van der Waals surface area contributed by atoms with Gasteiger partial charge in [0, 0.05) is 24.6 Å². The van der Waals surface area contributed by atoms with Crippen molar-refractivity contribution in [3.8, 4) is 5.75 Å². The number of hydrogen-bond acceptors (Lipinski definition) is 4. The fourth-order valence-corrected chi connectivity index (χ4v) is 4.28. The highest BCUT2D eigenvalue weighted by atomic mass is 16.5. The Kier molecular flexibility index (Phi) is 6.54. The summed E-state index contributed by atoms with van der Waals surface area (Å²) in [6.07, 6.45) is 5.57. The number of carbonyl (C=O) groups is 1. The van der Waals surface area contributed by atoms with Gasteiger partial charge in [-0.15, -0.1) is 5.10 Å². The van der Waals surface area contributed by atoms with E-state index in [2.05, 4.69) is 48.5 Å². The maximum Gasteiger partial charge on any atom is 0.251 e. The van der Waals surface area contributed by atoms with Crippen molar-refractivity contribution in [1.29, 1.82) is 0 Å². The Morgan fingerprint density at radius 2 is 1.87 bits per heavy atom. The summed E-state index contributed by atoms with van der Waals surface area (Å²) in [5, 5.41) is 11.7. The Morgan fingerprint density at radius 1 is 1.13 bits per heavy atom. The lowest BCUT2D eigenvalue weighted by Crippen LogP contribution is -2.41. The summed E-state index contributed by atoms with van der Waals surface area (Å²) in [5.41, 5.74) is 5.15. The van der Waals surface area contributed by atoms with Crippen LogP contribution < -0.4 is 10.1 Å². The predicted molar refractivity (Wildman–Crippen MR) is 122 cm³/mol.